The van der Waals surface area contributed by atoms with Gasteiger partial charge in [-0.25, -0.2) is 17.8 Å². The van der Waals surface area contributed by atoms with Crippen molar-refractivity contribution in [3.63, 3.8) is 0 Å². The van der Waals surface area contributed by atoms with E-state index in [0.717, 1.165) is 17.8 Å². The SMILES string of the molecule is CC(C)(C)c1csc(NC(=O)c2ccc(S(=O)(=O)Nc3ccc(F)cc3)cc2)n1. The van der Waals surface area contributed by atoms with Crippen LogP contribution >= 0.6 is 11.3 Å². The van der Waals surface area contributed by atoms with Gasteiger partial charge in [0.1, 0.15) is 5.82 Å². The third kappa shape index (κ3) is 5.18. The summed E-state index contributed by atoms with van der Waals surface area (Å²) in [6.45, 7) is 6.10. The van der Waals surface area contributed by atoms with Gasteiger partial charge in [-0.05, 0) is 48.5 Å². The number of nitrogens with zero attached hydrogens (tertiary/aromatic N) is 1. The van der Waals surface area contributed by atoms with Crippen LogP contribution in [0.3, 0.4) is 0 Å². The Morgan fingerprint density at radius 1 is 1.03 bits per heavy atom. The monoisotopic (exact) mass is 433 g/mol. The fourth-order valence-electron chi connectivity index (χ4n) is 2.36. The highest BCUT2D eigenvalue weighted by Gasteiger charge is 2.19. The lowest BCUT2D eigenvalue weighted by molar-refractivity contribution is 0.102. The molecule has 29 heavy (non-hydrogen) atoms. The lowest BCUT2D eigenvalue weighted by atomic mass is 9.93. The number of aromatic nitrogens is 1. The van der Waals surface area contributed by atoms with E-state index in [0.29, 0.717) is 10.7 Å². The van der Waals surface area contributed by atoms with Gasteiger partial charge in [-0.3, -0.25) is 14.8 Å². The van der Waals surface area contributed by atoms with E-state index in [-0.39, 0.29) is 21.9 Å². The van der Waals surface area contributed by atoms with Crippen molar-refractivity contribution in [1.82, 2.24) is 4.98 Å². The molecular weight excluding hydrogens is 413 g/mol. The van der Waals surface area contributed by atoms with Gasteiger partial charge in [-0.15, -0.1) is 11.3 Å². The molecule has 0 aliphatic carbocycles. The third-order valence-electron chi connectivity index (χ3n) is 4.02. The molecule has 1 aromatic heterocycles. The number of benzene rings is 2. The molecule has 0 radical (unpaired) electrons. The van der Waals surface area contributed by atoms with Gasteiger partial charge in [0.15, 0.2) is 5.13 Å². The second-order valence-corrected chi connectivity index (χ2v) is 9.92. The molecule has 9 heteroatoms. The van der Waals surface area contributed by atoms with E-state index in [2.05, 4.69) is 15.0 Å². The summed E-state index contributed by atoms with van der Waals surface area (Å²) in [5.74, 6) is -0.839. The molecule has 1 heterocycles. The van der Waals surface area contributed by atoms with Crippen molar-refractivity contribution in [3.05, 3.63) is 71.0 Å². The average Bonchev–Trinajstić information content (AvgIpc) is 3.12. The highest BCUT2D eigenvalue weighted by atomic mass is 32.2. The number of rotatable bonds is 5. The first-order valence-corrected chi connectivity index (χ1v) is 11.1. The molecular formula is C20H20FN3O3S2. The Labute approximate surface area is 172 Å². The second kappa shape index (κ2) is 7.92. The lowest BCUT2D eigenvalue weighted by Crippen LogP contribution is -2.15. The second-order valence-electron chi connectivity index (χ2n) is 7.38. The van der Waals surface area contributed by atoms with Crippen molar-refractivity contribution < 1.29 is 17.6 Å². The summed E-state index contributed by atoms with van der Waals surface area (Å²) >= 11 is 1.33. The number of thiazole rings is 1. The number of sulfonamides is 1. The van der Waals surface area contributed by atoms with E-state index in [9.17, 15) is 17.6 Å². The van der Waals surface area contributed by atoms with Crippen LogP contribution in [0.5, 0.6) is 0 Å². The van der Waals surface area contributed by atoms with Crippen LogP contribution in [0, 0.1) is 5.82 Å². The van der Waals surface area contributed by atoms with Crippen molar-refractivity contribution >= 4 is 38.1 Å². The Hall–Kier alpha value is -2.78. The molecule has 3 rings (SSSR count). The van der Waals surface area contributed by atoms with E-state index >= 15 is 0 Å². The van der Waals surface area contributed by atoms with Crippen molar-refractivity contribution in [2.45, 2.75) is 31.1 Å². The Balaban J connectivity index is 1.71. The third-order valence-corrected chi connectivity index (χ3v) is 6.17. The van der Waals surface area contributed by atoms with Crippen molar-refractivity contribution in [1.29, 1.82) is 0 Å². The zero-order chi connectivity index (χ0) is 21.2. The van der Waals surface area contributed by atoms with Crippen LogP contribution in [0.1, 0.15) is 36.8 Å². The number of carbonyl (C=O) groups is 1. The number of hydrogen-bond acceptors (Lipinski definition) is 5. The van der Waals surface area contributed by atoms with Gasteiger partial charge in [-0.1, -0.05) is 20.8 Å². The number of carbonyl (C=O) groups excluding carboxylic acids is 1. The largest absolute Gasteiger partial charge is 0.298 e. The zero-order valence-corrected chi connectivity index (χ0v) is 17.7. The first-order valence-electron chi connectivity index (χ1n) is 8.70. The topological polar surface area (TPSA) is 88.2 Å². The van der Waals surface area contributed by atoms with Gasteiger partial charge in [0.2, 0.25) is 0 Å². The smallest absolute Gasteiger partial charge is 0.261 e. The number of nitrogens with one attached hydrogen (secondary N) is 2. The Kier molecular flexibility index (Phi) is 5.72. The summed E-state index contributed by atoms with van der Waals surface area (Å²) in [5, 5.41) is 5.10. The van der Waals surface area contributed by atoms with Gasteiger partial charge < -0.3 is 0 Å². The summed E-state index contributed by atoms with van der Waals surface area (Å²) in [4.78, 5) is 16.8. The minimum atomic E-state index is -3.86. The van der Waals surface area contributed by atoms with Crippen LogP contribution in [0.4, 0.5) is 15.2 Å². The zero-order valence-electron chi connectivity index (χ0n) is 16.1. The predicted octanol–water partition coefficient (Wildman–Crippen LogP) is 4.63. The van der Waals surface area contributed by atoms with Crippen molar-refractivity contribution in [2.24, 2.45) is 0 Å². The molecule has 6 nitrogen and oxygen atoms in total. The molecule has 0 bridgehead atoms. The van der Waals surface area contributed by atoms with Crippen LogP contribution in [-0.4, -0.2) is 19.3 Å². The van der Waals surface area contributed by atoms with E-state index < -0.39 is 15.8 Å². The van der Waals surface area contributed by atoms with E-state index in [1.54, 1.807) is 0 Å². The van der Waals surface area contributed by atoms with Crippen molar-refractivity contribution in [2.75, 3.05) is 10.0 Å². The molecule has 0 atom stereocenters. The molecule has 3 aromatic rings. The van der Waals surface area contributed by atoms with Gasteiger partial charge in [0.05, 0.1) is 10.6 Å². The van der Waals surface area contributed by atoms with Gasteiger partial charge in [0, 0.05) is 22.0 Å². The maximum atomic E-state index is 13.0. The fourth-order valence-corrected chi connectivity index (χ4v) is 4.35. The standard InChI is InChI=1S/C20H20FN3O3S2/c1-20(2,3)17-12-28-19(22-17)23-18(25)13-4-10-16(11-5-13)29(26,27)24-15-8-6-14(21)7-9-15/h4-12,24H,1-3H3,(H,22,23,25). The average molecular weight is 434 g/mol. The Morgan fingerprint density at radius 3 is 2.21 bits per heavy atom. The van der Waals surface area contributed by atoms with Crippen LogP contribution in [-0.2, 0) is 15.4 Å². The molecule has 0 aliphatic rings. The summed E-state index contributed by atoms with van der Waals surface area (Å²) < 4.78 is 40.2. The maximum Gasteiger partial charge on any atom is 0.261 e. The summed E-state index contributed by atoms with van der Waals surface area (Å²) in [6, 6.07) is 10.5. The van der Waals surface area contributed by atoms with Crippen LogP contribution in [0.15, 0.2) is 58.8 Å². The summed E-state index contributed by atoms with van der Waals surface area (Å²) in [7, 11) is -3.86. The first kappa shape index (κ1) is 20.9. The Bertz CT molecular complexity index is 1120. The molecule has 0 fully saturated rings. The summed E-state index contributed by atoms with van der Waals surface area (Å²) in [5.41, 5.74) is 1.31. The van der Waals surface area contributed by atoms with E-state index in [1.165, 1.54) is 47.7 Å². The molecule has 0 unspecified atom stereocenters. The molecule has 0 saturated carbocycles. The van der Waals surface area contributed by atoms with Crippen LogP contribution in [0.2, 0.25) is 0 Å². The first-order chi connectivity index (χ1) is 13.5. The maximum absolute atomic E-state index is 13.0. The van der Waals surface area contributed by atoms with Crippen LogP contribution < -0.4 is 10.0 Å². The Morgan fingerprint density at radius 2 is 1.66 bits per heavy atom. The molecule has 152 valence electrons. The minimum absolute atomic E-state index is 0.0114. The predicted molar refractivity (Wildman–Crippen MR) is 112 cm³/mol. The quantitative estimate of drug-likeness (QED) is 0.614. The normalized spacial score (nSPS) is 11.9. The lowest BCUT2D eigenvalue weighted by Gasteiger charge is -2.14. The number of amides is 1. The van der Waals surface area contributed by atoms with Gasteiger partial charge in [-0.2, -0.15) is 0 Å². The number of hydrogen-bond donors (Lipinski definition) is 2. The van der Waals surface area contributed by atoms with E-state index in [4.69, 9.17) is 0 Å². The van der Waals surface area contributed by atoms with Crippen LogP contribution in [0.25, 0.3) is 0 Å². The minimum Gasteiger partial charge on any atom is -0.298 e. The molecule has 2 aromatic carbocycles. The molecule has 0 aliphatic heterocycles. The summed E-state index contributed by atoms with van der Waals surface area (Å²) in [6.07, 6.45) is 0. The molecule has 0 spiro atoms. The molecule has 1 amide bonds. The highest BCUT2D eigenvalue weighted by molar-refractivity contribution is 7.92. The van der Waals surface area contributed by atoms with Gasteiger partial charge >= 0.3 is 0 Å². The molecule has 2 N–H and O–H groups in total. The number of halogens is 1. The number of anilines is 2. The van der Waals surface area contributed by atoms with E-state index in [1.807, 2.05) is 26.2 Å². The van der Waals surface area contributed by atoms with Gasteiger partial charge in [0.25, 0.3) is 15.9 Å². The highest BCUT2D eigenvalue weighted by Crippen LogP contribution is 2.26. The van der Waals surface area contributed by atoms with Crippen molar-refractivity contribution in [3.8, 4) is 0 Å². The molecule has 0 saturated heterocycles. The fraction of sp³-hybridized carbons (Fsp3) is 0.200.